The third-order valence-electron chi connectivity index (χ3n) is 2.09. The lowest BCUT2D eigenvalue weighted by Gasteiger charge is -2.27. The van der Waals surface area contributed by atoms with Crippen LogP contribution in [0, 0.1) is 5.92 Å². The summed E-state index contributed by atoms with van der Waals surface area (Å²) in [5.74, 6) is 0.625. The van der Waals surface area contributed by atoms with Crippen molar-refractivity contribution in [3.05, 3.63) is 0 Å². The van der Waals surface area contributed by atoms with Gasteiger partial charge in [-0.1, -0.05) is 20.3 Å². The Labute approximate surface area is 82.3 Å². The first kappa shape index (κ1) is 12.9. The highest BCUT2D eigenvalue weighted by atomic mass is 16.5. The van der Waals surface area contributed by atoms with Crippen LogP contribution in [0.25, 0.3) is 0 Å². The first-order chi connectivity index (χ1) is 5.89. The summed E-state index contributed by atoms with van der Waals surface area (Å²) in [4.78, 5) is 0. The van der Waals surface area contributed by atoms with E-state index in [4.69, 9.17) is 9.84 Å². The van der Waals surface area contributed by atoms with Crippen molar-refractivity contribution in [2.24, 2.45) is 5.92 Å². The molecule has 0 saturated heterocycles. The van der Waals surface area contributed by atoms with Crippen LogP contribution in [0.3, 0.4) is 0 Å². The van der Waals surface area contributed by atoms with Crippen LogP contribution in [0.15, 0.2) is 0 Å². The lowest BCUT2D eigenvalue weighted by Crippen LogP contribution is -2.31. The lowest BCUT2D eigenvalue weighted by atomic mass is 10.0. The molecule has 0 aromatic rings. The zero-order valence-corrected chi connectivity index (χ0v) is 9.63. The topological polar surface area (TPSA) is 29.5 Å². The molecule has 0 rings (SSSR count). The monoisotopic (exact) mass is 188 g/mol. The molecule has 0 bridgehead atoms. The van der Waals surface area contributed by atoms with Crippen LogP contribution in [-0.2, 0) is 4.74 Å². The summed E-state index contributed by atoms with van der Waals surface area (Å²) >= 11 is 0. The van der Waals surface area contributed by atoms with E-state index in [0.29, 0.717) is 5.92 Å². The molecule has 0 aliphatic heterocycles. The standard InChI is InChI=1S/C11H24O2/c1-6-9(2)7-10(8-12)13-11(3,4)5/h9-10,12H,6-8H2,1-5H3. The maximum atomic E-state index is 9.11. The van der Waals surface area contributed by atoms with E-state index in [9.17, 15) is 0 Å². The molecule has 0 amide bonds. The average molecular weight is 188 g/mol. The van der Waals surface area contributed by atoms with Crippen LogP contribution in [-0.4, -0.2) is 23.4 Å². The van der Waals surface area contributed by atoms with E-state index in [0.717, 1.165) is 12.8 Å². The minimum atomic E-state index is -0.152. The largest absolute Gasteiger partial charge is 0.394 e. The molecule has 0 aromatic heterocycles. The highest BCUT2D eigenvalue weighted by molar-refractivity contribution is 4.67. The third-order valence-corrected chi connectivity index (χ3v) is 2.09. The van der Waals surface area contributed by atoms with Crippen molar-refractivity contribution in [3.63, 3.8) is 0 Å². The van der Waals surface area contributed by atoms with Gasteiger partial charge in [0.15, 0.2) is 0 Å². The molecule has 0 radical (unpaired) electrons. The summed E-state index contributed by atoms with van der Waals surface area (Å²) in [6.07, 6.45) is 2.09. The van der Waals surface area contributed by atoms with E-state index in [1.807, 2.05) is 20.8 Å². The number of ether oxygens (including phenoxy) is 1. The predicted molar refractivity (Wildman–Crippen MR) is 55.8 cm³/mol. The van der Waals surface area contributed by atoms with Crippen LogP contribution in [0.5, 0.6) is 0 Å². The van der Waals surface area contributed by atoms with Crippen molar-refractivity contribution < 1.29 is 9.84 Å². The Morgan fingerprint density at radius 2 is 1.85 bits per heavy atom. The van der Waals surface area contributed by atoms with Gasteiger partial charge in [-0.05, 0) is 33.1 Å². The van der Waals surface area contributed by atoms with E-state index >= 15 is 0 Å². The van der Waals surface area contributed by atoms with Gasteiger partial charge in [0, 0.05) is 0 Å². The predicted octanol–water partition coefficient (Wildman–Crippen LogP) is 2.60. The van der Waals surface area contributed by atoms with Crippen molar-refractivity contribution >= 4 is 0 Å². The van der Waals surface area contributed by atoms with Gasteiger partial charge in [0.1, 0.15) is 0 Å². The van der Waals surface area contributed by atoms with E-state index in [1.54, 1.807) is 0 Å². The maximum absolute atomic E-state index is 9.11. The van der Waals surface area contributed by atoms with Gasteiger partial charge in [0.25, 0.3) is 0 Å². The fraction of sp³-hybridized carbons (Fsp3) is 1.00. The van der Waals surface area contributed by atoms with Crippen LogP contribution in [0.1, 0.15) is 47.5 Å². The minimum Gasteiger partial charge on any atom is -0.394 e. The Morgan fingerprint density at radius 3 is 2.15 bits per heavy atom. The average Bonchev–Trinajstić information content (AvgIpc) is 2.00. The number of aliphatic hydroxyl groups is 1. The van der Waals surface area contributed by atoms with E-state index in [1.165, 1.54) is 0 Å². The molecule has 0 fully saturated rings. The molecule has 0 saturated carbocycles. The van der Waals surface area contributed by atoms with Gasteiger partial charge in [-0.15, -0.1) is 0 Å². The second-order valence-corrected chi connectivity index (χ2v) is 4.78. The summed E-state index contributed by atoms with van der Waals surface area (Å²) in [6.45, 7) is 10.5. The Kier molecular flexibility index (Phi) is 5.57. The highest BCUT2D eigenvalue weighted by Gasteiger charge is 2.19. The molecule has 0 spiro atoms. The van der Waals surface area contributed by atoms with Gasteiger partial charge < -0.3 is 9.84 Å². The van der Waals surface area contributed by atoms with Gasteiger partial charge in [-0.3, -0.25) is 0 Å². The molecule has 0 aromatic carbocycles. The zero-order valence-electron chi connectivity index (χ0n) is 9.63. The zero-order chi connectivity index (χ0) is 10.5. The molecular formula is C11H24O2. The normalized spacial score (nSPS) is 17.1. The number of aliphatic hydroxyl groups excluding tert-OH is 1. The smallest absolute Gasteiger partial charge is 0.0815 e. The van der Waals surface area contributed by atoms with E-state index in [-0.39, 0.29) is 18.3 Å². The van der Waals surface area contributed by atoms with Crippen molar-refractivity contribution in [1.29, 1.82) is 0 Å². The molecule has 0 heterocycles. The molecule has 1 N–H and O–H groups in total. The van der Waals surface area contributed by atoms with Gasteiger partial charge in [-0.2, -0.15) is 0 Å². The molecule has 2 heteroatoms. The summed E-state index contributed by atoms with van der Waals surface area (Å²) in [5, 5.41) is 9.11. The fourth-order valence-corrected chi connectivity index (χ4v) is 1.28. The van der Waals surface area contributed by atoms with Crippen LogP contribution < -0.4 is 0 Å². The summed E-state index contributed by atoms with van der Waals surface area (Å²) in [5.41, 5.74) is -0.152. The van der Waals surface area contributed by atoms with Gasteiger partial charge in [0.2, 0.25) is 0 Å². The highest BCUT2D eigenvalue weighted by Crippen LogP contribution is 2.17. The van der Waals surface area contributed by atoms with Crippen molar-refractivity contribution in [2.75, 3.05) is 6.61 Å². The van der Waals surface area contributed by atoms with Gasteiger partial charge >= 0.3 is 0 Å². The second-order valence-electron chi connectivity index (χ2n) is 4.78. The molecule has 2 unspecified atom stereocenters. The SMILES string of the molecule is CCC(C)CC(CO)OC(C)(C)C. The molecule has 80 valence electrons. The van der Waals surface area contributed by atoms with Gasteiger partial charge in [0.05, 0.1) is 18.3 Å². The second kappa shape index (κ2) is 5.61. The minimum absolute atomic E-state index is 0.00468. The van der Waals surface area contributed by atoms with E-state index in [2.05, 4.69) is 13.8 Å². The quantitative estimate of drug-likeness (QED) is 0.718. The first-order valence-electron chi connectivity index (χ1n) is 5.17. The van der Waals surface area contributed by atoms with Crippen LogP contribution in [0.4, 0.5) is 0 Å². The first-order valence-corrected chi connectivity index (χ1v) is 5.17. The van der Waals surface area contributed by atoms with Crippen LogP contribution in [0.2, 0.25) is 0 Å². The maximum Gasteiger partial charge on any atom is 0.0815 e. The molecule has 13 heavy (non-hydrogen) atoms. The van der Waals surface area contributed by atoms with Crippen molar-refractivity contribution in [1.82, 2.24) is 0 Å². The lowest BCUT2D eigenvalue weighted by molar-refractivity contribution is -0.0878. The fourth-order valence-electron chi connectivity index (χ4n) is 1.28. The molecule has 2 nitrogen and oxygen atoms in total. The number of rotatable bonds is 5. The molecular weight excluding hydrogens is 164 g/mol. The number of hydrogen-bond donors (Lipinski definition) is 1. The van der Waals surface area contributed by atoms with Crippen molar-refractivity contribution in [2.45, 2.75) is 59.2 Å². The molecule has 2 atom stereocenters. The molecule has 0 aliphatic carbocycles. The Morgan fingerprint density at radius 1 is 1.31 bits per heavy atom. The number of hydrogen-bond acceptors (Lipinski definition) is 2. The Balaban J connectivity index is 3.89. The Bertz CT molecular complexity index is 127. The third kappa shape index (κ3) is 7.03. The summed E-state index contributed by atoms with van der Waals surface area (Å²) < 4.78 is 5.71. The summed E-state index contributed by atoms with van der Waals surface area (Å²) in [6, 6.07) is 0. The molecule has 0 aliphatic rings. The Hall–Kier alpha value is -0.0800. The van der Waals surface area contributed by atoms with E-state index < -0.39 is 0 Å². The summed E-state index contributed by atoms with van der Waals surface area (Å²) in [7, 11) is 0. The van der Waals surface area contributed by atoms with Gasteiger partial charge in [-0.25, -0.2) is 0 Å². The van der Waals surface area contributed by atoms with Crippen molar-refractivity contribution in [3.8, 4) is 0 Å². The van der Waals surface area contributed by atoms with Crippen LogP contribution >= 0.6 is 0 Å².